The molecule has 1 amide bonds. The van der Waals surface area contributed by atoms with Crippen LogP contribution in [0.1, 0.15) is 26.7 Å². The van der Waals surface area contributed by atoms with Gasteiger partial charge in [0.2, 0.25) is 0 Å². The van der Waals surface area contributed by atoms with Crippen molar-refractivity contribution >= 4 is 34.0 Å². The molecule has 0 saturated carbocycles. The molecule has 1 aliphatic heterocycles. The van der Waals surface area contributed by atoms with Crippen molar-refractivity contribution in [3.8, 4) is 0 Å². The van der Waals surface area contributed by atoms with Gasteiger partial charge in [0.25, 0.3) is 0 Å². The zero-order valence-corrected chi connectivity index (χ0v) is 11.4. The van der Waals surface area contributed by atoms with Crippen molar-refractivity contribution in [2.24, 2.45) is 0 Å². The zero-order chi connectivity index (χ0) is 9.68. The molecule has 1 aliphatic rings. The van der Waals surface area contributed by atoms with Crippen molar-refractivity contribution in [1.82, 2.24) is 5.32 Å². The minimum absolute atomic E-state index is 0.170. The van der Waals surface area contributed by atoms with Gasteiger partial charge in [0.1, 0.15) is 0 Å². The molecule has 0 bridgehead atoms. The second-order valence-corrected chi connectivity index (χ2v) is 13.7. The number of carbonyl (C=O) groups excluding carboxylic acids is 1. The molecule has 1 heterocycles. The van der Waals surface area contributed by atoms with E-state index in [0.717, 1.165) is 0 Å². The fraction of sp³-hybridized carbons (Fsp3) is 0.875. The van der Waals surface area contributed by atoms with Gasteiger partial charge in [-0.25, -0.2) is 0 Å². The molecule has 1 rings (SSSR count). The summed E-state index contributed by atoms with van der Waals surface area (Å²) >= 11 is -1.16. The van der Waals surface area contributed by atoms with Crippen molar-refractivity contribution in [2.45, 2.75) is 41.5 Å². The molecular formula is C8H16NO2SSb. The second kappa shape index (κ2) is 6.02. The number of carbonyl (C=O) groups is 1. The van der Waals surface area contributed by atoms with Crippen LogP contribution in [0.3, 0.4) is 0 Å². The molecule has 1 fully saturated rings. The van der Waals surface area contributed by atoms with Crippen LogP contribution in [-0.4, -0.2) is 30.9 Å². The van der Waals surface area contributed by atoms with E-state index in [1.54, 1.807) is 0 Å². The molecule has 0 unspecified atom stereocenters. The van der Waals surface area contributed by atoms with Crippen LogP contribution in [-0.2, 0) is 4.18 Å². The predicted molar refractivity (Wildman–Crippen MR) is 56.9 cm³/mol. The maximum atomic E-state index is 11.1. The first-order valence-corrected chi connectivity index (χ1v) is 12.0. The first-order chi connectivity index (χ1) is 6.18. The van der Waals surface area contributed by atoms with Crippen LogP contribution in [0.5, 0.6) is 0 Å². The Hall–Kier alpha value is 0.438. The van der Waals surface area contributed by atoms with Crippen LogP contribution >= 0.6 is 9.13 Å². The Kier molecular flexibility index (Phi) is 5.33. The van der Waals surface area contributed by atoms with Crippen LogP contribution in [0.15, 0.2) is 0 Å². The van der Waals surface area contributed by atoms with Gasteiger partial charge in [-0.1, -0.05) is 0 Å². The van der Waals surface area contributed by atoms with Crippen LogP contribution in [0, 0.1) is 0 Å². The fourth-order valence-corrected chi connectivity index (χ4v) is 9.90. The molecule has 0 aromatic rings. The van der Waals surface area contributed by atoms with Crippen LogP contribution in [0.25, 0.3) is 0 Å². The maximum absolute atomic E-state index is 11.1. The van der Waals surface area contributed by atoms with Gasteiger partial charge in [-0.2, -0.15) is 0 Å². The molecule has 0 aromatic heterocycles. The van der Waals surface area contributed by atoms with Crippen molar-refractivity contribution in [1.29, 1.82) is 0 Å². The molecule has 0 aromatic carbocycles. The van der Waals surface area contributed by atoms with E-state index >= 15 is 0 Å². The van der Waals surface area contributed by atoms with Gasteiger partial charge in [0.05, 0.1) is 0 Å². The standard InChI is InChI=1S/C4H9NO2S.C4H8.Sb/c1-3(2)5-4(6)7-8;1-3-4-2;/h3,8H,1-2H3,(H,5,6);1-4H2;/q;;+1/p-1. The molecule has 3 nitrogen and oxygen atoms in total. The Morgan fingerprint density at radius 1 is 1.46 bits per heavy atom. The first-order valence-electron chi connectivity index (χ1n) is 4.58. The van der Waals surface area contributed by atoms with Crippen LogP contribution in [0.2, 0.25) is 8.73 Å². The summed E-state index contributed by atoms with van der Waals surface area (Å²) in [5, 5.41) is 2.71. The zero-order valence-electron chi connectivity index (χ0n) is 8.08. The fourth-order valence-electron chi connectivity index (χ4n) is 1.11. The number of nitrogens with one attached hydrogen (secondary N) is 1. The van der Waals surface area contributed by atoms with E-state index in [1.165, 1.54) is 30.7 Å². The summed E-state index contributed by atoms with van der Waals surface area (Å²) in [6.07, 6.45) is 2.44. The number of amides is 1. The Morgan fingerprint density at radius 2 is 2.08 bits per heavy atom. The van der Waals surface area contributed by atoms with Crippen molar-refractivity contribution in [2.75, 3.05) is 0 Å². The average molecular weight is 312 g/mol. The summed E-state index contributed by atoms with van der Waals surface area (Å²) in [6.45, 7) is 3.87. The first kappa shape index (κ1) is 11.5. The van der Waals surface area contributed by atoms with E-state index in [1.807, 2.05) is 13.8 Å². The Balaban J connectivity index is 2.07. The van der Waals surface area contributed by atoms with E-state index in [4.69, 9.17) is 4.18 Å². The molecule has 5 heteroatoms. The quantitative estimate of drug-likeness (QED) is 0.643. The van der Waals surface area contributed by atoms with Gasteiger partial charge < -0.3 is 0 Å². The topological polar surface area (TPSA) is 38.3 Å². The van der Waals surface area contributed by atoms with Gasteiger partial charge in [-0.3, -0.25) is 0 Å². The summed E-state index contributed by atoms with van der Waals surface area (Å²) in [4.78, 5) is 11.1. The molecule has 13 heavy (non-hydrogen) atoms. The summed E-state index contributed by atoms with van der Waals surface area (Å²) in [5.41, 5.74) is 0. The molecular weight excluding hydrogens is 296 g/mol. The third kappa shape index (κ3) is 5.02. The van der Waals surface area contributed by atoms with Crippen LogP contribution in [0.4, 0.5) is 4.79 Å². The van der Waals surface area contributed by atoms with Crippen molar-refractivity contribution in [3.63, 3.8) is 0 Å². The molecule has 0 spiro atoms. The van der Waals surface area contributed by atoms with Crippen molar-refractivity contribution in [3.05, 3.63) is 0 Å². The van der Waals surface area contributed by atoms with E-state index in [0.29, 0.717) is 0 Å². The predicted octanol–water partition coefficient (Wildman–Crippen LogP) is 2.55. The Bertz CT molecular complexity index is 172. The third-order valence-corrected chi connectivity index (χ3v) is 11.7. The van der Waals surface area contributed by atoms with Crippen LogP contribution < -0.4 is 5.32 Å². The Morgan fingerprint density at radius 3 is 2.62 bits per heavy atom. The average Bonchev–Trinajstić information content (AvgIpc) is 2.51. The SMILES string of the molecule is CC(C)NC(=O)O[S][Sb]1[CH2]CC[CH2]1. The van der Waals surface area contributed by atoms with E-state index in [2.05, 4.69) is 5.32 Å². The molecule has 1 saturated heterocycles. The van der Waals surface area contributed by atoms with Crippen molar-refractivity contribution < 1.29 is 8.98 Å². The molecule has 1 N–H and O–H groups in total. The van der Waals surface area contributed by atoms with E-state index in [9.17, 15) is 4.79 Å². The molecule has 0 radical (unpaired) electrons. The van der Waals surface area contributed by atoms with Gasteiger partial charge in [-0.05, 0) is 0 Å². The number of hydrogen-bond donors (Lipinski definition) is 1. The summed E-state index contributed by atoms with van der Waals surface area (Å²) < 4.78 is 7.81. The number of rotatable bonds is 3. The minimum atomic E-state index is -1.16. The summed E-state index contributed by atoms with van der Waals surface area (Å²) in [7, 11) is 1.51. The van der Waals surface area contributed by atoms with E-state index < -0.39 is 18.8 Å². The molecule has 0 atom stereocenters. The van der Waals surface area contributed by atoms with Gasteiger partial charge >= 0.3 is 89.8 Å². The summed E-state index contributed by atoms with van der Waals surface area (Å²) in [5.74, 6) is 0. The molecule has 0 aliphatic carbocycles. The van der Waals surface area contributed by atoms with Gasteiger partial charge in [0.15, 0.2) is 0 Å². The third-order valence-electron chi connectivity index (χ3n) is 1.69. The normalized spacial score (nSPS) is 17.8. The second-order valence-electron chi connectivity index (χ2n) is 3.38. The van der Waals surface area contributed by atoms with Gasteiger partial charge in [0, 0.05) is 0 Å². The number of hydrogen-bond acceptors (Lipinski definition) is 3. The monoisotopic (exact) mass is 311 g/mol. The van der Waals surface area contributed by atoms with Gasteiger partial charge in [-0.15, -0.1) is 0 Å². The molecule has 76 valence electrons. The van der Waals surface area contributed by atoms with E-state index in [-0.39, 0.29) is 12.1 Å². The summed E-state index contributed by atoms with van der Waals surface area (Å²) in [6, 6.07) is 0.170. The Labute approximate surface area is 89.5 Å².